The molecule has 0 aliphatic rings. The van der Waals surface area contributed by atoms with E-state index in [1.54, 1.807) is 65.8 Å². The quantitative estimate of drug-likeness (QED) is 0.151. The van der Waals surface area contributed by atoms with Crippen LogP contribution in [0.25, 0.3) is 10.2 Å². The number of aromatic nitrogens is 1. The van der Waals surface area contributed by atoms with Gasteiger partial charge in [0.05, 0.1) is 10.2 Å². The van der Waals surface area contributed by atoms with E-state index >= 15 is 0 Å². The van der Waals surface area contributed by atoms with E-state index in [0.29, 0.717) is 0 Å². The molecule has 0 saturated heterocycles. The van der Waals surface area contributed by atoms with Crippen LogP contribution in [0.3, 0.4) is 0 Å². The number of hydrogen-bond acceptors (Lipinski definition) is 11. The maximum Gasteiger partial charge on any atom is 0.334 e. The third-order valence-corrected chi connectivity index (χ3v) is 20.6. The molecule has 2 aromatic rings. The molecule has 0 saturated carbocycles. The number of nitrogens with zero attached hydrogens (tertiary/aromatic N) is 1. The van der Waals surface area contributed by atoms with Gasteiger partial charge in [0.2, 0.25) is 0 Å². The summed E-state index contributed by atoms with van der Waals surface area (Å²) < 4.78 is 13.4. The Kier molecular flexibility index (Phi) is 12.0. The van der Waals surface area contributed by atoms with Crippen molar-refractivity contribution in [3.05, 3.63) is 24.3 Å². The molecule has 0 amide bonds. The average Bonchev–Trinajstić information content (AvgIpc) is 3.05. The van der Waals surface area contributed by atoms with Crippen LogP contribution in [0.5, 0.6) is 0 Å². The second-order valence-corrected chi connectivity index (χ2v) is 21.0. The van der Waals surface area contributed by atoms with Gasteiger partial charge in [0.1, 0.15) is 0 Å². The molecule has 1 aromatic carbocycles. The summed E-state index contributed by atoms with van der Waals surface area (Å²) in [5, 5.41) is 0. The van der Waals surface area contributed by atoms with Crippen molar-refractivity contribution in [3.8, 4) is 0 Å². The number of benzene rings is 1. The van der Waals surface area contributed by atoms with Gasteiger partial charge in [0.15, 0.2) is 4.34 Å². The fourth-order valence-electron chi connectivity index (χ4n) is 1.76. The topological polar surface area (TPSA) is 31.4 Å². The van der Waals surface area contributed by atoms with Gasteiger partial charge in [-0.2, -0.15) is 0 Å². The summed E-state index contributed by atoms with van der Waals surface area (Å²) in [5.74, 6) is 1.13. The van der Waals surface area contributed by atoms with Gasteiger partial charge in [-0.3, -0.25) is 0 Å². The molecule has 25 heavy (non-hydrogen) atoms. The minimum Gasteiger partial charge on any atom is -0.398 e. The molecule has 1 heterocycles. The molecule has 0 N–H and O–H groups in total. The lowest BCUT2D eigenvalue weighted by molar-refractivity contribution is 0.249. The third kappa shape index (κ3) is 8.71. The molecule has 140 valence electrons. The molecule has 0 spiro atoms. The first-order valence-corrected chi connectivity index (χ1v) is 19.6. The van der Waals surface area contributed by atoms with Crippen molar-refractivity contribution < 1.29 is 8.85 Å². The van der Waals surface area contributed by atoms with Gasteiger partial charge < -0.3 is 8.85 Å². The van der Waals surface area contributed by atoms with Crippen LogP contribution in [0.2, 0.25) is 12.6 Å². The van der Waals surface area contributed by atoms with Gasteiger partial charge in [0, 0.05) is 20.0 Å². The van der Waals surface area contributed by atoms with E-state index in [4.69, 9.17) is 8.85 Å². The van der Waals surface area contributed by atoms with Crippen LogP contribution < -0.4 is 0 Å². The lowest BCUT2D eigenvalue weighted by atomic mass is 10.3. The zero-order valence-corrected chi connectivity index (χ0v) is 21.5. The zero-order valence-electron chi connectivity index (χ0n) is 14.0. The summed E-state index contributed by atoms with van der Waals surface area (Å²) in [6.45, 7) is 2.12. The summed E-state index contributed by atoms with van der Waals surface area (Å²) in [6, 6.07) is 9.33. The maximum absolute atomic E-state index is 5.49. The van der Waals surface area contributed by atoms with E-state index in [0.717, 1.165) is 28.1 Å². The minimum absolute atomic E-state index is 1.05. The highest BCUT2D eigenvalue weighted by molar-refractivity contribution is 9.46. The number of para-hydroxylation sites is 1. The van der Waals surface area contributed by atoms with Crippen molar-refractivity contribution in [2.45, 2.75) is 23.4 Å². The Hall–Kier alpha value is 1.70. The zero-order chi connectivity index (χ0) is 18.0. The van der Waals surface area contributed by atoms with Crippen LogP contribution >= 0.6 is 82.1 Å². The molecule has 2 rings (SSSR count). The SMILES string of the molecule is CO[Si](C)(CCCSSSSSSSc1nc2ccccc2s1)OC. The van der Waals surface area contributed by atoms with Gasteiger partial charge in [-0.05, 0) is 91.1 Å². The van der Waals surface area contributed by atoms with Crippen molar-refractivity contribution in [1.82, 2.24) is 4.98 Å². The van der Waals surface area contributed by atoms with Crippen molar-refractivity contribution in [1.29, 1.82) is 0 Å². The Morgan fingerprint density at radius 3 is 2.52 bits per heavy atom. The predicted octanol–water partition coefficient (Wildman–Crippen LogP) is 8.03. The molecule has 0 aliphatic heterocycles. The Morgan fingerprint density at radius 2 is 1.76 bits per heavy atom. The highest BCUT2D eigenvalue weighted by atomic mass is 33.9. The summed E-state index contributed by atoms with van der Waals surface area (Å²) in [6.07, 6.45) is 1.14. The van der Waals surface area contributed by atoms with Crippen LogP contribution in [0.1, 0.15) is 6.42 Å². The molecule has 12 heteroatoms. The summed E-state index contributed by atoms with van der Waals surface area (Å²) >= 11 is 1.76. The second-order valence-electron chi connectivity index (χ2n) is 4.84. The first-order chi connectivity index (χ1) is 12.2. The number of fused-ring (bicyclic) bond motifs is 1. The minimum atomic E-state index is -1.88. The predicted molar refractivity (Wildman–Crippen MR) is 131 cm³/mol. The normalized spacial score (nSPS) is 12.1. The van der Waals surface area contributed by atoms with Gasteiger partial charge in [-0.25, -0.2) is 4.98 Å². The first-order valence-electron chi connectivity index (χ1n) is 7.25. The molecule has 3 nitrogen and oxygen atoms in total. The molecular formula is C13H19NO2S8Si. The van der Waals surface area contributed by atoms with E-state index in [9.17, 15) is 0 Å². The monoisotopic (exact) mass is 505 g/mol. The van der Waals surface area contributed by atoms with Crippen LogP contribution in [0.15, 0.2) is 28.6 Å². The lowest BCUT2D eigenvalue weighted by Gasteiger charge is -2.22. The molecular weight excluding hydrogens is 487 g/mol. The standard InChI is InChI=1S/C13H19NO2S8Si/c1-15-25(3,16-2)10-6-9-17-20-22-24-23-21-19-13-14-11-7-4-5-8-12(11)18-13/h4-5,7-8H,6,9-10H2,1-3H3. The highest BCUT2D eigenvalue weighted by Crippen LogP contribution is 2.56. The molecule has 0 aliphatic carbocycles. The summed E-state index contributed by atoms with van der Waals surface area (Å²) in [7, 11) is 14.3. The molecule has 0 fully saturated rings. The fraction of sp³-hybridized carbons (Fsp3) is 0.462. The average molecular weight is 506 g/mol. The Morgan fingerprint density at radius 1 is 1.04 bits per heavy atom. The Bertz CT molecular complexity index is 594. The Balaban J connectivity index is 1.46. The number of rotatable bonds is 13. The molecule has 0 bridgehead atoms. The van der Waals surface area contributed by atoms with Crippen LogP contribution in [-0.2, 0) is 8.85 Å². The van der Waals surface area contributed by atoms with Crippen molar-refractivity contribution in [2.75, 3.05) is 20.0 Å². The smallest absolute Gasteiger partial charge is 0.334 e. The second kappa shape index (κ2) is 13.0. The largest absolute Gasteiger partial charge is 0.398 e. The van der Waals surface area contributed by atoms with E-state index < -0.39 is 8.56 Å². The Labute approximate surface area is 180 Å². The maximum atomic E-state index is 5.49. The van der Waals surface area contributed by atoms with Crippen LogP contribution in [0.4, 0.5) is 0 Å². The van der Waals surface area contributed by atoms with Gasteiger partial charge in [0.25, 0.3) is 0 Å². The number of hydrogen-bond donors (Lipinski definition) is 0. The summed E-state index contributed by atoms with van der Waals surface area (Å²) in [5.41, 5.74) is 1.09. The first kappa shape index (κ1) is 23.0. The van der Waals surface area contributed by atoms with E-state index in [1.165, 1.54) is 4.70 Å². The van der Waals surface area contributed by atoms with Crippen molar-refractivity contribution in [3.63, 3.8) is 0 Å². The molecule has 1 aromatic heterocycles. The molecule has 0 radical (unpaired) electrons. The third-order valence-electron chi connectivity index (χ3n) is 3.26. The van der Waals surface area contributed by atoms with Crippen LogP contribution in [0, 0.1) is 0 Å². The van der Waals surface area contributed by atoms with Gasteiger partial charge in [-0.15, -0.1) is 11.3 Å². The van der Waals surface area contributed by atoms with Crippen molar-refractivity contribution in [2.24, 2.45) is 0 Å². The molecule has 0 unspecified atom stereocenters. The number of thiazole rings is 1. The van der Waals surface area contributed by atoms with E-state index in [1.807, 2.05) is 36.5 Å². The van der Waals surface area contributed by atoms with Gasteiger partial charge in [-0.1, -0.05) is 22.9 Å². The van der Waals surface area contributed by atoms with Crippen molar-refractivity contribution >= 4 is 101 Å². The molecule has 0 atom stereocenters. The summed E-state index contributed by atoms with van der Waals surface area (Å²) in [4.78, 5) is 4.62. The van der Waals surface area contributed by atoms with E-state index in [2.05, 4.69) is 29.7 Å². The van der Waals surface area contributed by atoms with E-state index in [-0.39, 0.29) is 0 Å². The van der Waals surface area contributed by atoms with Gasteiger partial charge >= 0.3 is 8.56 Å². The highest BCUT2D eigenvalue weighted by Gasteiger charge is 2.27. The fourth-order valence-corrected chi connectivity index (χ4v) is 19.0. The lowest BCUT2D eigenvalue weighted by Crippen LogP contribution is -2.35. The van der Waals surface area contributed by atoms with Crippen LogP contribution in [-0.4, -0.2) is 33.5 Å².